The average Bonchev–Trinajstić information content (AvgIpc) is 2.70. The number of hydrogen-bond donors (Lipinski definition) is 0. The summed E-state index contributed by atoms with van der Waals surface area (Å²) in [6.45, 7) is 9.33. The summed E-state index contributed by atoms with van der Waals surface area (Å²) < 4.78 is 39.8. The van der Waals surface area contributed by atoms with E-state index in [4.69, 9.17) is 4.74 Å². The molecule has 0 saturated carbocycles. The van der Waals surface area contributed by atoms with Gasteiger partial charge in [0.2, 0.25) is 5.83 Å². The fourth-order valence-corrected chi connectivity index (χ4v) is 3.46. The summed E-state index contributed by atoms with van der Waals surface area (Å²) in [5.74, 6) is -3.14. The van der Waals surface area contributed by atoms with Gasteiger partial charge in [-0.05, 0) is 46.7 Å². The number of carbonyl (C=O) groups is 1. The van der Waals surface area contributed by atoms with Gasteiger partial charge >= 0.3 is 5.97 Å². The van der Waals surface area contributed by atoms with E-state index in [1.807, 2.05) is 11.4 Å². The quantitative estimate of drug-likeness (QED) is 0.335. The third-order valence-corrected chi connectivity index (χ3v) is 4.78. The lowest BCUT2D eigenvalue weighted by Gasteiger charge is -2.37. The summed E-state index contributed by atoms with van der Waals surface area (Å²) in [4.78, 5) is 14.2. The van der Waals surface area contributed by atoms with Crippen molar-refractivity contribution in [1.82, 2.24) is 4.31 Å². The van der Waals surface area contributed by atoms with E-state index in [9.17, 15) is 13.6 Å². The topological polar surface area (TPSA) is 42.0 Å². The van der Waals surface area contributed by atoms with E-state index in [1.54, 1.807) is 6.92 Å². The van der Waals surface area contributed by atoms with Crippen molar-refractivity contribution in [2.75, 3.05) is 31.6 Å². The highest BCUT2D eigenvalue weighted by Crippen LogP contribution is 2.41. The van der Waals surface area contributed by atoms with Crippen molar-refractivity contribution in [3.63, 3.8) is 0 Å². The van der Waals surface area contributed by atoms with Crippen LogP contribution in [0, 0.1) is 5.82 Å². The zero-order valence-electron chi connectivity index (χ0n) is 15.6. The lowest BCUT2D eigenvalue weighted by molar-refractivity contribution is -0.140. The van der Waals surface area contributed by atoms with Gasteiger partial charge in [0, 0.05) is 30.8 Å². The van der Waals surface area contributed by atoms with Gasteiger partial charge in [-0.15, -0.1) is 0 Å². The normalized spacial score (nSPS) is 16.1. The van der Waals surface area contributed by atoms with Crippen LogP contribution in [0.15, 0.2) is 29.1 Å². The number of halogens is 2. The third kappa shape index (κ3) is 4.88. The molecule has 0 aromatic heterocycles. The van der Waals surface area contributed by atoms with Crippen LogP contribution in [0.5, 0.6) is 5.75 Å². The first kappa shape index (κ1) is 20.5. The molecule has 2 rings (SSSR count). The summed E-state index contributed by atoms with van der Waals surface area (Å²) in [6.07, 6.45) is 0.565. The zero-order chi connectivity index (χ0) is 19.5. The maximum Gasteiger partial charge on any atom is 0.370 e. The van der Waals surface area contributed by atoms with Crippen LogP contribution in [-0.2, 0) is 9.53 Å². The number of anilines is 1. The summed E-state index contributed by atoms with van der Waals surface area (Å²) in [5, 5.41) is 0. The monoisotopic (exact) mass is 386 g/mol. The Balaban J connectivity index is 2.35. The second-order valence-corrected chi connectivity index (χ2v) is 8.07. The Labute approximate surface area is 157 Å². The molecule has 26 heavy (non-hydrogen) atoms. The van der Waals surface area contributed by atoms with E-state index in [0.29, 0.717) is 6.26 Å². The molecular formula is C18H24F2N2O3S. The molecule has 1 aromatic rings. The van der Waals surface area contributed by atoms with E-state index in [2.05, 4.69) is 30.4 Å². The van der Waals surface area contributed by atoms with Crippen LogP contribution < -0.4 is 9.64 Å². The predicted molar refractivity (Wildman–Crippen MR) is 98.4 cm³/mol. The number of esters is 1. The molecule has 1 aliphatic heterocycles. The van der Waals surface area contributed by atoms with Crippen molar-refractivity contribution < 1.29 is 23.0 Å². The third-order valence-electron chi connectivity index (χ3n) is 3.77. The van der Waals surface area contributed by atoms with Crippen molar-refractivity contribution in [2.45, 2.75) is 38.1 Å². The molecule has 0 saturated heterocycles. The summed E-state index contributed by atoms with van der Waals surface area (Å²) in [6, 6.07) is 2.91. The molecule has 0 amide bonds. The minimum atomic E-state index is -1.22. The Hall–Kier alpha value is -1.80. The van der Waals surface area contributed by atoms with Gasteiger partial charge in [0.05, 0.1) is 17.2 Å². The first-order chi connectivity index (χ1) is 12.1. The molecule has 0 unspecified atom stereocenters. The maximum atomic E-state index is 14.5. The average molecular weight is 386 g/mol. The van der Waals surface area contributed by atoms with Crippen molar-refractivity contribution in [1.29, 1.82) is 0 Å². The molecule has 0 fully saturated rings. The minimum Gasteiger partial charge on any atom is -0.461 e. The number of nitrogens with zero attached hydrogens (tertiary/aromatic N) is 2. The number of fused-ring (bicyclic) bond motifs is 1. The fraction of sp³-hybridized carbons (Fsp3) is 0.500. The molecular weight excluding hydrogens is 362 g/mol. The first-order valence-corrected chi connectivity index (χ1v) is 9.10. The SMILES string of the molecule is CCOC(=O)/C(F)=C/Oc1cc2c(cc1F)N(C(C)(C)C)CCN(C)S2. The molecule has 0 N–H and O–H groups in total. The highest BCUT2D eigenvalue weighted by Gasteiger charge is 2.29. The number of ether oxygens (including phenoxy) is 2. The summed E-state index contributed by atoms with van der Waals surface area (Å²) >= 11 is 1.46. The summed E-state index contributed by atoms with van der Waals surface area (Å²) in [7, 11) is 1.95. The fourth-order valence-electron chi connectivity index (χ4n) is 2.53. The molecule has 1 aromatic carbocycles. The number of benzene rings is 1. The summed E-state index contributed by atoms with van der Waals surface area (Å²) in [5.41, 5.74) is 0.567. The van der Waals surface area contributed by atoms with Crippen LogP contribution in [0.2, 0.25) is 0 Å². The lowest BCUT2D eigenvalue weighted by Crippen LogP contribution is -2.43. The van der Waals surface area contributed by atoms with Crippen molar-refractivity contribution in [3.05, 3.63) is 30.0 Å². The molecule has 144 valence electrons. The van der Waals surface area contributed by atoms with Crippen LogP contribution >= 0.6 is 11.9 Å². The minimum absolute atomic E-state index is 0.0406. The standard InChI is InChI=1S/C18H24F2N2O3S/c1-6-24-17(23)13(20)11-25-15-10-16-14(9-12(15)19)22(18(2,3)4)8-7-21(5)26-16/h9-11H,6-8H2,1-5H3/b13-11-. The van der Waals surface area contributed by atoms with Crippen LogP contribution in [0.25, 0.3) is 0 Å². The van der Waals surface area contributed by atoms with Crippen molar-refractivity contribution in [3.8, 4) is 5.75 Å². The second kappa shape index (κ2) is 8.26. The van der Waals surface area contributed by atoms with E-state index in [1.165, 1.54) is 24.1 Å². The van der Waals surface area contributed by atoms with E-state index < -0.39 is 17.6 Å². The number of likely N-dealkylation sites (N-methyl/N-ethyl adjacent to an activating group) is 1. The zero-order valence-corrected chi connectivity index (χ0v) is 16.5. The Bertz CT molecular complexity index is 704. The van der Waals surface area contributed by atoms with Gasteiger partial charge < -0.3 is 14.4 Å². The molecule has 0 radical (unpaired) electrons. The van der Waals surface area contributed by atoms with Gasteiger partial charge in [0.25, 0.3) is 0 Å². The largest absolute Gasteiger partial charge is 0.461 e. The second-order valence-electron chi connectivity index (χ2n) is 6.82. The van der Waals surface area contributed by atoms with Gasteiger partial charge in [-0.25, -0.2) is 13.5 Å². The van der Waals surface area contributed by atoms with Crippen molar-refractivity contribution in [2.24, 2.45) is 0 Å². The van der Waals surface area contributed by atoms with Crippen LogP contribution in [0.3, 0.4) is 0 Å². The van der Waals surface area contributed by atoms with Crippen LogP contribution in [0.4, 0.5) is 14.5 Å². The Morgan fingerprint density at radius 1 is 1.35 bits per heavy atom. The molecule has 8 heteroatoms. The number of rotatable bonds is 4. The van der Waals surface area contributed by atoms with E-state index in [0.717, 1.165) is 23.7 Å². The smallest absolute Gasteiger partial charge is 0.370 e. The van der Waals surface area contributed by atoms with Crippen LogP contribution in [0.1, 0.15) is 27.7 Å². The van der Waals surface area contributed by atoms with Crippen LogP contribution in [-0.4, -0.2) is 42.6 Å². The number of hydrogen-bond acceptors (Lipinski definition) is 6. The van der Waals surface area contributed by atoms with Gasteiger partial charge in [-0.3, -0.25) is 0 Å². The first-order valence-electron chi connectivity index (χ1n) is 8.33. The molecule has 1 aliphatic rings. The molecule has 0 bridgehead atoms. The molecule has 0 aliphatic carbocycles. The van der Waals surface area contributed by atoms with E-state index >= 15 is 0 Å². The van der Waals surface area contributed by atoms with Gasteiger partial charge in [0.1, 0.15) is 6.26 Å². The molecule has 5 nitrogen and oxygen atoms in total. The van der Waals surface area contributed by atoms with E-state index in [-0.39, 0.29) is 17.9 Å². The predicted octanol–water partition coefficient (Wildman–Crippen LogP) is 4.14. The van der Waals surface area contributed by atoms with Crippen molar-refractivity contribution >= 4 is 23.6 Å². The van der Waals surface area contributed by atoms with Gasteiger partial charge in [-0.1, -0.05) is 0 Å². The molecule has 0 spiro atoms. The number of carbonyl (C=O) groups excluding carboxylic acids is 1. The molecule has 0 atom stereocenters. The highest BCUT2D eigenvalue weighted by molar-refractivity contribution is 7.97. The van der Waals surface area contributed by atoms with Gasteiger partial charge in [0.15, 0.2) is 11.6 Å². The maximum absolute atomic E-state index is 14.5. The molecule has 1 heterocycles. The lowest BCUT2D eigenvalue weighted by atomic mass is 10.0. The Morgan fingerprint density at radius 3 is 2.65 bits per heavy atom. The highest BCUT2D eigenvalue weighted by atomic mass is 32.2. The van der Waals surface area contributed by atoms with Gasteiger partial charge in [-0.2, -0.15) is 4.39 Å². The Morgan fingerprint density at radius 2 is 2.04 bits per heavy atom. The Kier molecular flexibility index (Phi) is 6.52.